The van der Waals surface area contributed by atoms with Crippen molar-refractivity contribution in [3.63, 3.8) is 0 Å². The first-order valence-electron chi connectivity index (χ1n) is 8.70. The summed E-state index contributed by atoms with van der Waals surface area (Å²) in [5.41, 5.74) is 0.842. The summed E-state index contributed by atoms with van der Waals surface area (Å²) in [6.07, 6.45) is 0. The molecular formula is C19H16FN5O5S. The van der Waals surface area contributed by atoms with Crippen LogP contribution in [-0.2, 0) is 14.3 Å². The lowest BCUT2D eigenvalue weighted by Crippen LogP contribution is -2.18. The van der Waals surface area contributed by atoms with Crippen LogP contribution in [0.15, 0.2) is 47.6 Å². The van der Waals surface area contributed by atoms with E-state index in [9.17, 15) is 18.8 Å². The minimum atomic E-state index is -0.681. The average molecular weight is 445 g/mol. The van der Waals surface area contributed by atoms with E-state index in [1.165, 1.54) is 61.4 Å². The SMILES string of the molecule is COC(=O)c1ccc(C(=O)OC)c(NC(=O)CSc2nnnn2-c2ccc(F)cc2)c1. The van der Waals surface area contributed by atoms with E-state index in [2.05, 4.69) is 25.6 Å². The summed E-state index contributed by atoms with van der Waals surface area (Å²) < 4.78 is 23.9. The van der Waals surface area contributed by atoms with Crippen LogP contribution in [-0.4, -0.2) is 58.0 Å². The molecule has 0 saturated heterocycles. The van der Waals surface area contributed by atoms with Crippen LogP contribution in [0.2, 0.25) is 0 Å². The van der Waals surface area contributed by atoms with Gasteiger partial charge in [-0.3, -0.25) is 4.79 Å². The van der Waals surface area contributed by atoms with E-state index in [1.54, 1.807) is 0 Å². The van der Waals surface area contributed by atoms with Gasteiger partial charge in [0.05, 0.1) is 42.5 Å². The van der Waals surface area contributed by atoms with Gasteiger partial charge in [-0.2, -0.15) is 4.68 Å². The molecule has 0 radical (unpaired) electrons. The lowest BCUT2D eigenvalue weighted by atomic mass is 10.1. The number of ether oxygens (including phenoxy) is 2. The quantitative estimate of drug-likeness (QED) is 0.430. The molecular weight excluding hydrogens is 429 g/mol. The summed E-state index contributed by atoms with van der Waals surface area (Å²) in [5.74, 6) is -2.30. The van der Waals surface area contributed by atoms with Gasteiger partial charge in [0.15, 0.2) is 0 Å². The van der Waals surface area contributed by atoms with Crippen LogP contribution in [0.25, 0.3) is 5.69 Å². The number of amides is 1. The third kappa shape index (κ3) is 5.22. The lowest BCUT2D eigenvalue weighted by Gasteiger charge is -2.11. The molecule has 0 atom stereocenters. The van der Waals surface area contributed by atoms with Crippen molar-refractivity contribution >= 4 is 35.3 Å². The Morgan fingerprint density at radius 3 is 2.45 bits per heavy atom. The molecule has 1 aromatic heterocycles. The Hall–Kier alpha value is -3.80. The van der Waals surface area contributed by atoms with Crippen molar-refractivity contribution in [3.05, 3.63) is 59.4 Å². The molecule has 0 bridgehead atoms. The van der Waals surface area contributed by atoms with Gasteiger partial charge in [-0.05, 0) is 52.9 Å². The van der Waals surface area contributed by atoms with Gasteiger partial charge in [0.2, 0.25) is 11.1 Å². The Bertz CT molecular complexity index is 1120. The molecule has 1 heterocycles. The maximum absolute atomic E-state index is 13.1. The number of hydrogen-bond acceptors (Lipinski definition) is 9. The summed E-state index contributed by atoms with van der Waals surface area (Å²) in [6, 6.07) is 9.59. The number of anilines is 1. The predicted octanol–water partition coefficient (Wildman–Crippen LogP) is 2.11. The zero-order chi connectivity index (χ0) is 22.4. The van der Waals surface area contributed by atoms with Crippen molar-refractivity contribution in [1.82, 2.24) is 20.2 Å². The highest BCUT2D eigenvalue weighted by Gasteiger charge is 2.18. The van der Waals surface area contributed by atoms with Crippen LogP contribution in [0, 0.1) is 5.82 Å². The van der Waals surface area contributed by atoms with Crippen molar-refractivity contribution in [2.24, 2.45) is 0 Å². The van der Waals surface area contributed by atoms with E-state index in [0.717, 1.165) is 11.8 Å². The smallest absolute Gasteiger partial charge is 0.339 e. The summed E-state index contributed by atoms with van der Waals surface area (Å²) in [6.45, 7) is 0. The van der Waals surface area contributed by atoms with Gasteiger partial charge in [0.25, 0.3) is 0 Å². The van der Waals surface area contributed by atoms with Crippen LogP contribution in [0.3, 0.4) is 0 Å². The molecule has 0 aliphatic carbocycles. The van der Waals surface area contributed by atoms with Crippen molar-refractivity contribution in [1.29, 1.82) is 0 Å². The molecule has 0 aliphatic rings. The van der Waals surface area contributed by atoms with Crippen molar-refractivity contribution in [2.75, 3.05) is 25.3 Å². The summed E-state index contributed by atoms with van der Waals surface area (Å²) in [4.78, 5) is 36.2. The fraction of sp³-hybridized carbons (Fsp3) is 0.158. The second-order valence-corrected chi connectivity index (χ2v) is 6.87. The molecule has 0 unspecified atom stereocenters. The van der Waals surface area contributed by atoms with Crippen LogP contribution in [0.5, 0.6) is 0 Å². The molecule has 0 saturated carbocycles. The van der Waals surface area contributed by atoms with Crippen molar-refractivity contribution in [2.45, 2.75) is 5.16 Å². The highest BCUT2D eigenvalue weighted by Crippen LogP contribution is 2.22. The van der Waals surface area contributed by atoms with Gasteiger partial charge in [0.1, 0.15) is 5.82 Å². The van der Waals surface area contributed by atoms with Gasteiger partial charge in [-0.1, -0.05) is 11.8 Å². The normalized spacial score (nSPS) is 10.4. The number of hydrogen-bond donors (Lipinski definition) is 1. The Morgan fingerprint density at radius 1 is 1.06 bits per heavy atom. The number of carbonyl (C=O) groups is 3. The van der Waals surface area contributed by atoms with Crippen molar-refractivity contribution in [3.8, 4) is 5.69 Å². The van der Waals surface area contributed by atoms with Gasteiger partial charge < -0.3 is 14.8 Å². The largest absolute Gasteiger partial charge is 0.465 e. The topological polar surface area (TPSA) is 125 Å². The molecule has 12 heteroatoms. The molecule has 3 aromatic rings. The minimum Gasteiger partial charge on any atom is -0.465 e. The minimum absolute atomic E-state index is 0.0737. The Kier molecular flexibility index (Phi) is 6.92. The number of tetrazole rings is 1. The Balaban J connectivity index is 1.74. The second-order valence-electron chi connectivity index (χ2n) is 5.93. The Labute approximate surface area is 179 Å². The van der Waals surface area contributed by atoms with Gasteiger partial charge in [-0.25, -0.2) is 14.0 Å². The van der Waals surface area contributed by atoms with Crippen LogP contribution < -0.4 is 5.32 Å². The van der Waals surface area contributed by atoms with E-state index < -0.39 is 23.7 Å². The number of nitrogens with zero attached hydrogens (tertiary/aromatic N) is 4. The lowest BCUT2D eigenvalue weighted by molar-refractivity contribution is -0.113. The first-order valence-corrected chi connectivity index (χ1v) is 9.69. The van der Waals surface area contributed by atoms with Gasteiger partial charge >= 0.3 is 11.9 Å². The maximum atomic E-state index is 13.1. The Morgan fingerprint density at radius 2 is 1.77 bits per heavy atom. The van der Waals surface area contributed by atoms with Crippen LogP contribution >= 0.6 is 11.8 Å². The monoisotopic (exact) mass is 445 g/mol. The maximum Gasteiger partial charge on any atom is 0.339 e. The zero-order valence-electron chi connectivity index (χ0n) is 16.4. The highest BCUT2D eigenvalue weighted by atomic mass is 32.2. The number of halogens is 1. The summed E-state index contributed by atoms with van der Waals surface area (Å²) in [7, 11) is 2.42. The number of benzene rings is 2. The van der Waals surface area contributed by atoms with E-state index in [-0.39, 0.29) is 22.6 Å². The number of carbonyl (C=O) groups excluding carboxylic acids is 3. The number of rotatable bonds is 7. The molecule has 10 nitrogen and oxygen atoms in total. The molecule has 0 aliphatic heterocycles. The molecule has 0 fully saturated rings. The van der Waals surface area contributed by atoms with Gasteiger partial charge in [0, 0.05) is 0 Å². The predicted molar refractivity (Wildman–Crippen MR) is 108 cm³/mol. The molecule has 0 spiro atoms. The standard InChI is InChI=1S/C19H16FN5O5S/c1-29-17(27)11-3-8-14(18(28)30-2)15(9-11)21-16(26)10-31-19-22-23-24-25(19)13-6-4-12(20)5-7-13/h3-9H,10H2,1-2H3,(H,21,26). The first kappa shape index (κ1) is 21.9. The van der Waals surface area contributed by atoms with E-state index >= 15 is 0 Å². The second kappa shape index (κ2) is 9.80. The number of thioether (sulfide) groups is 1. The van der Waals surface area contributed by atoms with Gasteiger partial charge in [-0.15, -0.1) is 5.10 Å². The number of nitrogens with one attached hydrogen (secondary N) is 1. The van der Waals surface area contributed by atoms with Crippen molar-refractivity contribution < 1.29 is 28.2 Å². The molecule has 1 amide bonds. The van der Waals surface area contributed by atoms with E-state index in [1.807, 2.05) is 0 Å². The first-order chi connectivity index (χ1) is 14.9. The number of methoxy groups -OCH3 is 2. The molecule has 3 rings (SSSR count). The van der Waals surface area contributed by atoms with E-state index in [4.69, 9.17) is 4.74 Å². The molecule has 1 N–H and O–H groups in total. The fourth-order valence-electron chi connectivity index (χ4n) is 2.51. The third-order valence-electron chi connectivity index (χ3n) is 3.96. The number of esters is 2. The highest BCUT2D eigenvalue weighted by molar-refractivity contribution is 7.99. The molecule has 160 valence electrons. The van der Waals surface area contributed by atoms with Crippen LogP contribution in [0.4, 0.5) is 10.1 Å². The third-order valence-corrected chi connectivity index (χ3v) is 4.88. The zero-order valence-corrected chi connectivity index (χ0v) is 17.2. The van der Waals surface area contributed by atoms with E-state index in [0.29, 0.717) is 10.8 Å². The fourth-order valence-corrected chi connectivity index (χ4v) is 3.20. The summed E-state index contributed by atoms with van der Waals surface area (Å²) in [5, 5.41) is 14.2. The average Bonchev–Trinajstić information content (AvgIpc) is 3.25. The molecule has 31 heavy (non-hydrogen) atoms. The van der Waals surface area contributed by atoms with Crippen LogP contribution in [0.1, 0.15) is 20.7 Å². The number of aromatic nitrogens is 4. The molecule has 2 aromatic carbocycles. The summed E-state index contributed by atoms with van der Waals surface area (Å²) >= 11 is 1.03.